The largest absolute Gasteiger partial charge is 0.511 e. The summed E-state index contributed by atoms with van der Waals surface area (Å²) < 4.78 is 0. The number of Topliss-reactive ketones (excluding diaryl/α,β-unsaturated/α-hetero) is 1. The Kier molecular flexibility index (Phi) is 7.10. The minimum absolute atomic E-state index is 0.0921. The molecule has 0 aliphatic heterocycles. The first-order valence-corrected chi connectivity index (χ1v) is 10.0. The second-order valence-electron chi connectivity index (χ2n) is 7.28. The Morgan fingerprint density at radius 1 is 1.11 bits per heavy atom. The highest BCUT2D eigenvalue weighted by Crippen LogP contribution is 2.42. The van der Waals surface area contributed by atoms with Gasteiger partial charge in [-0.2, -0.15) is 0 Å². The molecule has 5 heteroatoms. The number of aliphatic hydroxyl groups is 1. The van der Waals surface area contributed by atoms with Gasteiger partial charge in [-0.1, -0.05) is 30.1 Å². The van der Waals surface area contributed by atoms with Crippen molar-refractivity contribution < 1.29 is 14.7 Å². The highest BCUT2D eigenvalue weighted by molar-refractivity contribution is 6.32. The number of benzene rings is 1. The van der Waals surface area contributed by atoms with Gasteiger partial charge in [-0.3, -0.25) is 4.79 Å². The second kappa shape index (κ2) is 8.92. The van der Waals surface area contributed by atoms with Crippen molar-refractivity contribution in [2.24, 2.45) is 5.16 Å². The van der Waals surface area contributed by atoms with Crippen molar-refractivity contribution in [1.29, 1.82) is 0 Å². The molecule has 0 fully saturated rings. The Labute approximate surface area is 167 Å². The van der Waals surface area contributed by atoms with Crippen LogP contribution in [0.2, 0.25) is 5.02 Å². The van der Waals surface area contributed by atoms with Crippen LogP contribution in [0.4, 0.5) is 0 Å². The summed E-state index contributed by atoms with van der Waals surface area (Å²) in [4.78, 5) is 18.1. The van der Waals surface area contributed by atoms with E-state index in [4.69, 9.17) is 16.4 Å². The van der Waals surface area contributed by atoms with E-state index >= 15 is 0 Å². The van der Waals surface area contributed by atoms with E-state index in [-0.39, 0.29) is 17.5 Å². The van der Waals surface area contributed by atoms with Gasteiger partial charge in [-0.15, -0.1) is 0 Å². The SMILES string of the molecule is CCC/C(=N\OCC)C1=C(O)CC(c2c(C)c(C)c(C)c(C)c2Cl)CC1=O. The van der Waals surface area contributed by atoms with Crippen molar-refractivity contribution in [3.05, 3.63) is 44.2 Å². The number of carbonyl (C=O) groups is 1. The standard InChI is InChI=1S/C22H30ClNO3/c1-7-9-17(24-27-8-2)21-18(25)10-16(11-19(21)26)20-14(5)12(3)13(4)15(6)22(20)23/h16,25H,7-11H2,1-6H3/b24-17+. The molecule has 0 spiro atoms. The van der Waals surface area contributed by atoms with Gasteiger partial charge < -0.3 is 9.94 Å². The maximum absolute atomic E-state index is 12.9. The number of ketones is 1. The normalized spacial score (nSPS) is 18.3. The Morgan fingerprint density at radius 2 is 1.74 bits per heavy atom. The smallest absolute Gasteiger partial charge is 0.168 e. The molecule has 27 heavy (non-hydrogen) atoms. The molecule has 4 nitrogen and oxygen atoms in total. The van der Waals surface area contributed by atoms with E-state index in [0.29, 0.717) is 42.2 Å². The van der Waals surface area contributed by atoms with E-state index in [2.05, 4.69) is 19.0 Å². The number of carbonyl (C=O) groups excluding carboxylic acids is 1. The lowest BCUT2D eigenvalue weighted by molar-refractivity contribution is -0.116. The van der Waals surface area contributed by atoms with Gasteiger partial charge in [0.05, 0.1) is 11.3 Å². The third kappa shape index (κ3) is 4.21. The first-order chi connectivity index (χ1) is 12.7. The molecule has 1 aliphatic carbocycles. The minimum Gasteiger partial charge on any atom is -0.511 e. The Hall–Kier alpha value is -1.81. The molecular weight excluding hydrogens is 362 g/mol. The molecule has 0 radical (unpaired) electrons. The lowest BCUT2D eigenvalue weighted by atomic mass is 9.77. The molecule has 1 atom stereocenters. The summed E-state index contributed by atoms with van der Waals surface area (Å²) in [6, 6.07) is 0. The van der Waals surface area contributed by atoms with Gasteiger partial charge in [0.2, 0.25) is 0 Å². The zero-order valence-corrected chi connectivity index (χ0v) is 18.0. The molecule has 148 valence electrons. The summed E-state index contributed by atoms with van der Waals surface area (Å²) in [5.41, 5.74) is 6.37. The maximum atomic E-state index is 12.9. The zero-order valence-electron chi connectivity index (χ0n) is 17.2. The van der Waals surface area contributed by atoms with E-state index in [9.17, 15) is 9.90 Å². The molecule has 2 rings (SSSR count). The average molecular weight is 392 g/mol. The fourth-order valence-electron chi connectivity index (χ4n) is 3.80. The van der Waals surface area contributed by atoms with Gasteiger partial charge in [0.1, 0.15) is 12.4 Å². The summed E-state index contributed by atoms with van der Waals surface area (Å²) in [7, 11) is 0. The number of nitrogens with zero attached hydrogens (tertiary/aromatic N) is 1. The van der Waals surface area contributed by atoms with E-state index in [1.165, 1.54) is 11.1 Å². The lowest BCUT2D eigenvalue weighted by Crippen LogP contribution is -2.25. The number of hydrogen-bond acceptors (Lipinski definition) is 4. The van der Waals surface area contributed by atoms with Crippen molar-refractivity contribution in [1.82, 2.24) is 0 Å². The fraction of sp³-hybridized carbons (Fsp3) is 0.545. The predicted octanol–water partition coefficient (Wildman–Crippen LogP) is 6.02. The van der Waals surface area contributed by atoms with Crippen molar-refractivity contribution in [3.8, 4) is 0 Å². The van der Waals surface area contributed by atoms with E-state index in [1.807, 2.05) is 27.7 Å². The molecular formula is C22H30ClNO3. The summed E-state index contributed by atoms with van der Waals surface area (Å²) in [5, 5.41) is 15.5. The predicted molar refractivity (Wildman–Crippen MR) is 111 cm³/mol. The van der Waals surface area contributed by atoms with Crippen LogP contribution in [-0.4, -0.2) is 23.2 Å². The maximum Gasteiger partial charge on any atom is 0.168 e. The molecule has 1 aromatic carbocycles. The molecule has 0 amide bonds. The zero-order chi connectivity index (χ0) is 20.3. The van der Waals surface area contributed by atoms with E-state index in [1.54, 1.807) is 0 Å². The molecule has 0 saturated heterocycles. The van der Waals surface area contributed by atoms with Crippen LogP contribution in [0, 0.1) is 27.7 Å². The average Bonchev–Trinajstić information content (AvgIpc) is 2.62. The van der Waals surface area contributed by atoms with Crippen LogP contribution in [0.15, 0.2) is 16.5 Å². The molecule has 0 saturated carbocycles. The van der Waals surface area contributed by atoms with Crippen LogP contribution in [-0.2, 0) is 9.63 Å². The molecule has 1 unspecified atom stereocenters. The molecule has 0 heterocycles. The second-order valence-corrected chi connectivity index (χ2v) is 7.66. The third-order valence-corrected chi connectivity index (χ3v) is 6.07. The number of rotatable bonds is 6. The van der Waals surface area contributed by atoms with Crippen molar-refractivity contribution >= 4 is 23.1 Å². The number of allylic oxidation sites excluding steroid dienone is 2. The van der Waals surface area contributed by atoms with Gasteiger partial charge in [-0.05, 0) is 74.8 Å². The van der Waals surface area contributed by atoms with Gasteiger partial charge in [0, 0.05) is 17.9 Å². The Morgan fingerprint density at radius 3 is 2.30 bits per heavy atom. The van der Waals surface area contributed by atoms with Gasteiger partial charge in [0.25, 0.3) is 0 Å². The molecule has 1 aromatic rings. The van der Waals surface area contributed by atoms with Crippen molar-refractivity contribution in [2.75, 3.05) is 6.61 Å². The van der Waals surface area contributed by atoms with Crippen LogP contribution in [0.5, 0.6) is 0 Å². The topological polar surface area (TPSA) is 58.9 Å². The Balaban J connectivity index is 2.48. The van der Waals surface area contributed by atoms with E-state index < -0.39 is 0 Å². The lowest BCUT2D eigenvalue weighted by Gasteiger charge is -2.28. The quantitative estimate of drug-likeness (QED) is 0.476. The first-order valence-electron chi connectivity index (χ1n) is 9.64. The number of aliphatic hydroxyl groups excluding tert-OH is 1. The number of hydrogen-bond donors (Lipinski definition) is 1. The molecule has 1 aliphatic rings. The summed E-state index contributed by atoms with van der Waals surface area (Å²) in [6.45, 7) is 12.5. The van der Waals surface area contributed by atoms with Gasteiger partial charge in [-0.25, -0.2) is 0 Å². The first kappa shape index (κ1) is 21.5. The van der Waals surface area contributed by atoms with Crippen LogP contribution < -0.4 is 0 Å². The van der Waals surface area contributed by atoms with E-state index in [0.717, 1.165) is 23.1 Å². The molecule has 0 bridgehead atoms. The Bertz CT molecular complexity index is 779. The van der Waals surface area contributed by atoms with Crippen LogP contribution in [0.25, 0.3) is 0 Å². The van der Waals surface area contributed by atoms with Crippen LogP contribution in [0.1, 0.15) is 73.3 Å². The van der Waals surface area contributed by atoms with Crippen LogP contribution in [0.3, 0.4) is 0 Å². The molecule has 0 aromatic heterocycles. The number of halogens is 1. The summed E-state index contributed by atoms with van der Waals surface area (Å²) in [6.07, 6.45) is 2.12. The van der Waals surface area contributed by atoms with Crippen molar-refractivity contribution in [2.45, 2.75) is 73.1 Å². The summed E-state index contributed by atoms with van der Waals surface area (Å²) in [5.74, 6) is -0.127. The monoisotopic (exact) mass is 391 g/mol. The van der Waals surface area contributed by atoms with Crippen molar-refractivity contribution in [3.63, 3.8) is 0 Å². The van der Waals surface area contributed by atoms with Gasteiger partial charge in [0.15, 0.2) is 5.78 Å². The summed E-state index contributed by atoms with van der Waals surface area (Å²) >= 11 is 6.67. The molecule has 1 N–H and O–H groups in total. The fourth-order valence-corrected chi connectivity index (χ4v) is 4.24. The third-order valence-electron chi connectivity index (χ3n) is 5.58. The highest BCUT2D eigenvalue weighted by atomic mass is 35.5. The highest BCUT2D eigenvalue weighted by Gasteiger charge is 2.33. The minimum atomic E-state index is -0.123. The number of oxime groups is 1. The van der Waals surface area contributed by atoms with Gasteiger partial charge >= 0.3 is 0 Å². The van der Waals surface area contributed by atoms with Crippen LogP contribution >= 0.6 is 11.6 Å².